The molecule has 0 bridgehead atoms. The van der Waals surface area contributed by atoms with Gasteiger partial charge in [-0.05, 0) is 25.3 Å². The largest absolute Gasteiger partial charge is 0.379 e. The van der Waals surface area contributed by atoms with Crippen molar-refractivity contribution in [3.05, 3.63) is 35.9 Å². The van der Waals surface area contributed by atoms with Gasteiger partial charge in [0.15, 0.2) is 0 Å². The predicted molar refractivity (Wildman–Crippen MR) is 78.7 cm³/mol. The zero-order chi connectivity index (χ0) is 14.4. The lowest BCUT2D eigenvalue weighted by atomic mass is 10.1. The summed E-state index contributed by atoms with van der Waals surface area (Å²) in [7, 11) is -3.38. The van der Waals surface area contributed by atoms with E-state index in [4.69, 9.17) is 4.74 Å². The molecule has 1 aromatic rings. The van der Waals surface area contributed by atoms with Gasteiger partial charge in [-0.3, -0.25) is 0 Å². The first-order chi connectivity index (χ1) is 9.58. The molecule has 1 fully saturated rings. The third-order valence-corrected chi connectivity index (χ3v) is 5.11. The highest BCUT2D eigenvalue weighted by molar-refractivity contribution is 7.87. The average Bonchev–Trinajstić information content (AvgIpc) is 2.47. The highest BCUT2D eigenvalue weighted by Crippen LogP contribution is 2.08. The van der Waals surface area contributed by atoms with E-state index in [9.17, 15) is 8.42 Å². The second-order valence-corrected chi connectivity index (χ2v) is 6.76. The minimum Gasteiger partial charge on any atom is -0.379 e. The first kappa shape index (κ1) is 15.4. The molecule has 0 aromatic heterocycles. The van der Waals surface area contributed by atoms with Crippen LogP contribution >= 0.6 is 0 Å². The van der Waals surface area contributed by atoms with Gasteiger partial charge in [0.2, 0.25) is 0 Å². The highest BCUT2D eigenvalue weighted by atomic mass is 32.2. The Balaban J connectivity index is 1.82. The molecular weight excluding hydrogens is 276 g/mol. The van der Waals surface area contributed by atoms with E-state index in [1.807, 2.05) is 25.1 Å². The molecule has 0 saturated carbocycles. The van der Waals surface area contributed by atoms with Crippen molar-refractivity contribution in [2.75, 3.05) is 26.3 Å². The van der Waals surface area contributed by atoms with Crippen LogP contribution in [0.5, 0.6) is 0 Å². The number of rotatable bonds is 6. The number of hydrogen-bond donors (Lipinski definition) is 1. The van der Waals surface area contributed by atoms with Crippen molar-refractivity contribution in [1.82, 2.24) is 9.03 Å². The van der Waals surface area contributed by atoms with Crippen LogP contribution in [0.15, 0.2) is 30.3 Å². The van der Waals surface area contributed by atoms with E-state index in [1.165, 1.54) is 9.87 Å². The van der Waals surface area contributed by atoms with Crippen LogP contribution in [0, 0.1) is 0 Å². The lowest BCUT2D eigenvalue weighted by Crippen LogP contribution is -2.49. The molecule has 1 N–H and O–H groups in total. The Morgan fingerprint density at radius 2 is 1.90 bits per heavy atom. The summed E-state index contributed by atoms with van der Waals surface area (Å²) in [6.07, 6.45) is 1.65. The molecule has 6 heteroatoms. The molecule has 1 aromatic carbocycles. The molecule has 1 aliphatic rings. The minimum atomic E-state index is -3.38. The Hall–Kier alpha value is -0.950. The standard InChI is InChI=1S/C14H22N2O3S/c1-13(7-8-14-5-3-2-4-6-14)15-20(17,18)16-9-11-19-12-10-16/h2-6,13,15H,7-12H2,1H3/t13-/m1/s1. The topological polar surface area (TPSA) is 58.6 Å². The monoisotopic (exact) mass is 298 g/mol. The van der Waals surface area contributed by atoms with Crippen molar-refractivity contribution in [1.29, 1.82) is 0 Å². The average molecular weight is 298 g/mol. The van der Waals surface area contributed by atoms with Crippen LogP contribution in [0.2, 0.25) is 0 Å². The van der Waals surface area contributed by atoms with Gasteiger partial charge < -0.3 is 4.74 Å². The Labute approximate surface area is 121 Å². The molecule has 1 atom stereocenters. The van der Waals surface area contributed by atoms with Crippen molar-refractivity contribution in [3.63, 3.8) is 0 Å². The number of aryl methyl sites for hydroxylation is 1. The molecule has 20 heavy (non-hydrogen) atoms. The first-order valence-electron chi connectivity index (χ1n) is 6.97. The van der Waals surface area contributed by atoms with E-state index in [0.29, 0.717) is 26.3 Å². The van der Waals surface area contributed by atoms with Gasteiger partial charge in [-0.2, -0.15) is 17.4 Å². The summed E-state index contributed by atoms with van der Waals surface area (Å²) in [5.41, 5.74) is 1.23. The maximum absolute atomic E-state index is 12.2. The zero-order valence-electron chi connectivity index (χ0n) is 11.8. The van der Waals surface area contributed by atoms with E-state index < -0.39 is 10.2 Å². The van der Waals surface area contributed by atoms with Crippen LogP contribution in [0.1, 0.15) is 18.9 Å². The Bertz CT molecular complexity index is 498. The molecule has 0 radical (unpaired) electrons. The van der Waals surface area contributed by atoms with Crippen LogP contribution in [-0.4, -0.2) is 45.1 Å². The molecule has 1 aliphatic heterocycles. The molecule has 0 amide bonds. The van der Waals surface area contributed by atoms with E-state index in [-0.39, 0.29) is 6.04 Å². The van der Waals surface area contributed by atoms with Crippen LogP contribution < -0.4 is 4.72 Å². The maximum Gasteiger partial charge on any atom is 0.279 e. The number of nitrogens with zero attached hydrogens (tertiary/aromatic N) is 1. The Morgan fingerprint density at radius 3 is 2.55 bits per heavy atom. The fourth-order valence-corrected chi connectivity index (χ4v) is 3.61. The fourth-order valence-electron chi connectivity index (χ4n) is 2.20. The second-order valence-electron chi connectivity index (χ2n) is 5.06. The lowest BCUT2D eigenvalue weighted by molar-refractivity contribution is 0.0723. The molecule has 112 valence electrons. The molecule has 1 heterocycles. The smallest absolute Gasteiger partial charge is 0.279 e. The quantitative estimate of drug-likeness (QED) is 0.858. The van der Waals surface area contributed by atoms with Crippen molar-refractivity contribution in [2.45, 2.75) is 25.8 Å². The summed E-state index contributed by atoms with van der Waals surface area (Å²) in [6, 6.07) is 10.0. The van der Waals surface area contributed by atoms with Gasteiger partial charge in [0.1, 0.15) is 0 Å². The normalized spacial score (nSPS) is 18.9. The summed E-state index contributed by atoms with van der Waals surface area (Å²) in [6.45, 7) is 3.71. The van der Waals surface area contributed by atoms with E-state index >= 15 is 0 Å². The molecule has 5 nitrogen and oxygen atoms in total. The third-order valence-electron chi connectivity index (χ3n) is 3.37. The lowest BCUT2D eigenvalue weighted by Gasteiger charge is -2.27. The third kappa shape index (κ3) is 4.56. The second kappa shape index (κ2) is 7.17. The van der Waals surface area contributed by atoms with Gasteiger partial charge in [0.25, 0.3) is 10.2 Å². The molecule has 1 saturated heterocycles. The van der Waals surface area contributed by atoms with Crippen LogP contribution in [-0.2, 0) is 21.4 Å². The van der Waals surface area contributed by atoms with Crippen LogP contribution in [0.25, 0.3) is 0 Å². The van der Waals surface area contributed by atoms with Crippen LogP contribution in [0.4, 0.5) is 0 Å². The van der Waals surface area contributed by atoms with E-state index in [2.05, 4.69) is 16.9 Å². The van der Waals surface area contributed by atoms with Gasteiger partial charge in [-0.25, -0.2) is 0 Å². The molecule has 2 rings (SSSR count). The Morgan fingerprint density at radius 1 is 1.25 bits per heavy atom. The van der Waals surface area contributed by atoms with Gasteiger partial charge in [0, 0.05) is 19.1 Å². The van der Waals surface area contributed by atoms with Crippen LogP contribution in [0.3, 0.4) is 0 Å². The summed E-state index contributed by atoms with van der Waals surface area (Å²) in [5.74, 6) is 0. The fraction of sp³-hybridized carbons (Fsp3) is 0.571. The number of hydrogen-bond acceptors (Lipinski definition) is 3. The van der Waals surface area contributed by atoms with Gasteiger partial charge >= 0.3 is 0 Å². The number of nitrogens with one attached hydrogen (secondary N) is 1. The molecular formula is C14H22N2O3S. The highest BCUT2D eigenvalue weighted by Gasteiger charge is 2.25. The van der Waals surface area contributed by atoms with Crippen molar-refractivity contribution >= 4 is 10.2 Å². The summed E-state index contributed by atoms with van der Waals surface area (Å²) in [4.78, 5) is 0. The molecule has 0 spiro atoms. The summed E-state index contributed by atoms with van der Waals surface area (Å²) < 4.78 is 33.7. The number of benzene rings is 1. The van der Waals surface area contributed by atoms with Gasteiger partial charge in [0.05, 0.1) is 13.2 Å². The van der Waals surface area contributed by atoms with Crippen molar-refractivity contribution < 1.29 is 13.2 Å². The molecule has 0 aliphatic carbocycles. The first-order valence-corrected chi connectivity index (χ1v) is 8.41. The SMILES string of the molecule is C[C@H](CCc1ccccc1)NS(=O)(=O)N1CCOCC1. The number of morpholine rings is 1. The predicted octanol–water partition coefficient (Wildman–Crippen LogP) is 1.17. The van der Waals surface area contributed by atoms with E-state index in [0.717, 1.165) is 12.8 Å². The van der Waals surface area contributed by atoms with Crippen molar-refractivity contribution in [2.24, 2.45) is 0 Å². The Kier molecular flexibility index (Phi) is 5.54. The van der Waals surface area contributed by atoms with Gasteiger partial charge in [-0.15, -0.1) is 0 Å². The van der Waals surface area contributed by atoms with Crippen molar-refractivity contribution in [3.8, 4) is 0 Å². The van der Waals surface area contributed by atoms with E-state index in [1.54, 1.807) is 0 Å². The summed E-state index contributed by atoms with van der Waals surface area (Å²) >= 11 is 0. The summed E-state index contributed by atoms with van der Waals surface area (Å²) in [5, 5.41) is 0. The number of ether oxygens (including phenoxy) is 1. The maximum atomic E-state index is 12.2. The minimum absolute atomic E-state index is 0.0805. The molecule has 0 unspecified atom stereocenters. The zero-order valence-corrected chi connectivity index (χ0v) is 12.6. The van der Waals surface area contributed by atoms with Gasteiger partial charge in [-0.1, -0.05) is 30.3 Å².